The second-order valence-corrected chi connectivity index (χ2v) is 15.2. The maximum atomic E-state index is 13.4. The van der Waals surface area contributed by atoms with Crippen molar-refractivity contribution < 1.29 is 69.1 Å². The van der Waals surface area contributed by atoms with E-state index < -0.39 is 65.7 Å². The van der Waals surface area contributed by atoms with Gasteiger partial charge in [0, 0.05) is 63.2 Å². The van der Waals surface area contributed by atoms with Gasteiger partial charge in [-0.1, -0.05) is 57.6 Å². The van der Waals surface area contributed by atoms with Crippen LogP contribution in [0.2, 0.25) is 0 Å². The number of carbonyl (C=O) groups is 8. The molecule has 1 heterocycles. The average molecular weight is 832 g/mol. The van der Waals surface area contributed by atoms with Gasteiger partial charge in [0.25, 0.3) is 0 Å². The predicted molar refractivity (Wildman–Crippen MR) is 210 cm³/mol. The Labute approximate surface area is 346 Å². The number of nitrogens with two attached hydrogens (primary N) is 1. The van der Waals surface area contributed by atoms with Gasteiger partial charge in [0.05, 0.1) is 38.6 Å². The SMILES string of the molecule is CCCCCCCCCC(=O)CCC[NH2+]CC[C@H]([NH3+])C(=O)C[C@H](CCNC(=O)C1C=C2C=CC(OC)=CC2OC1=O)C(=O)NCC[C@@H](NC(=O)CCCC(=O)[O-])C(=O)[O-]. The van der Waals surface area contributed by atoms with Gasteiger partial charge in [-0.2, -0.15) is 0 Å². The highest BCUT2D eigenvalue weighted by molar-refractivity contribution is 6.01. The number of unbranched alkanes of at least 4 members (excludes halogenated alkanes) is 6. The molecule has 0 bridgehead atoms. The Bertz CT molecular complexity index is 1530. The lowest BCUT2D eigenvalue weighted by Crippen LogP contribution is -2.85. The molecule has 2 unspecified atom stereocenters. The standard InChI is InChI=1S/C42H65N5O12/c1-3-4-5-6-7-8-9-12-30(48)13-11-21-44-22-19-33(43)35(49)26-29(39(53)45-24-20-34(41(55)56)47-37(50)14-10-15-38(51)52)18-23-46-40(54)32-25-28-16-17-31(58-2)27-36(28)59-42(32)57/h16-17,25,27,29,32-34,36,44H,3-15,18-24,26,43H2,1-2H3,(H,45,53)(H,46,54)(H,47,50)(H,51,52)(H,55,56)/t29-,32?,33-,34+,36?/m0/s1. The number of hydrogen-bond acceptors (Lipinski definition) is 12. The molecule has 0 spiro atoms. The summed E-state index contributed by atoms with van der Waals surface area (Å²) >= 11 is 0. The van der Waals surface area contributed by atoms with Crippen LogP contribution in [0.15, 0.2) is 35.6 Å². The highest BCUT2D eigenvalue weighted by Crippen LogP contribution is 2.27. The molecule has 2 aliphatic rings. The van der Waals surface area contributed by atoms with Crippen LogP contribution in [-0.4, -0.2) is 98.7 Å². The zero-order valence-electron chi connectivity index (χ0n) is 34.7. The Kier molecular flexibility index (Phi) is 24.3. The first-order valence-corrected chi connectivity index (χ1v) is 21.1. The second-order valence-electron chi connectivity index (χ2n) is 15.2. The van der Waals surface area contributed by atoms with Crippen molar-refractivity contribution in [3.63, 3.8) is 0 Å². The molecular formula is C42H65N5O12. The molecule has 2 rings (SSSR count). The monoisotopic (exact) mass is 831 g/mol. The van der Waals surface area contributed by atoms with Gasteiger partial charge in [-0.15, -0.1) is 0 Å². The molecule has 0 saturated carbocycles. The molecule has 17 heteroatoms. The Morgan fingerprint density at radius 3 is 2.22 bits per heavy atom. The Morgan fingerprint density at radius 1 is 0.831 bits per heavy atom. The number of quaternary nitrogens is 2. The van der Waals surface area contributed by atoms with E-state index in [-0.39, 0.29) is 63.2 Å². The van der Waals surface area contributed by atoms with Gasteiger partial charge < -0.3 is 56.3 Å². The van der Waals surface area contributed by atoms with Crippen molar-refractivity contribution in [2.45, 2.75) is 134 Å². The molecule has 0 aromatic heterocycles. The third-order valence-electron chi connectivity index (χ3n) is 10.3. The maximum absolute atomic E-state index is 13.4. The van der Waals surface area contributed by atoms with Crippen LogP contribution < -0.4 is 37.2 Å². The van der Waals surface area contributed by atoms with E-state index in [2.05, 4.69) is 28.6 Å². The van der Waals surface area contributed by atoms with Crippen molar-refractivity contribution in [3.8, 4) is 0 Å². The van der Waals surface area contributed by atoms with Crippen molar-refractivity contribution in [1.29, 1.82) is 0 Å². The molecule has 8 N–H and O–H groups in total. The van der Waals surface area contributed by atoms with Gasteiger partial charge in [-0.05, 0) is 43.8 Å². The van der Waals surface area contributed by atoms with Crippen molar-refractivity contribution in [1.82, 2.24) is 16.0 Å². The lowest BCUT2D eigenvalue weighted by Gasteiger charge is -2.27. The fourth-order valence-corrected chi connectivity index (χ4v) is 6.68. The lowest BCUT2D eigenvalue weighted by atomic mass is 9.93. The number of Topliss-reactive ketones (excluding diaryl/α,β-unsaturated/α-hetero) is 2. The van der Waals surface area contributed by atoms with Crippen LogP contribution in [0.1, 0.15) is 116 Å². The zero-order valence-corrected chi connectivity index (χ0v) is 34.7. The predicted octanol–water partition coefficient (Wildman–Crippen LogP) is -1.65. The first-order valence-electron chi connectivity index (χ1n) is 21.1. The van der Waals surface area contributed by atoms with E-state index in [1.54, 1.807) is 18.2 Å². The Balaban J connectivity index is 1.91. The molecule has 5 atom stereocenters. The van der Waals surface area contributed by atoms with Gasteiger partial charge >= 0.3 is 5.97 Å². The van der Waals surface area contributed by atoms with E-state index in [0.29, 0.717) is 37.1 Å². The fourth-order valence-electron chi connectivity index (χ4n) is 6.68. The largest absolute Gasteiger partial charge is 0.550 e. The number of nitrogens with one attached hydrogen (secondary N) is 3. The van der Waals surface area contributed by atoms with Crippen LogP contribution >= 0.6 is 0 Å². The first kappa shape index (κ1) is 50.2. The molecule has 0 saturated heterocycles. The normalized spacial score (nSPS) is 17.2. The number of amides is 3. The number of methoxy groups -OCH3 is 1. The van der Waals surface area contributed by atoms with Crippen molar-refractivity contribution >= 4 is 47.2 Å². The Hall–Kier alpha value is -4.90. The number of carbonyl (C=O) groups excluding carboxylic acids is 8. The van der Waals surface area contributed by atoms with Crippen molar-refractivity contribution in [2.75, 3.05) is 33.3 Å². The molecule has 0 fully saturated rings. The summed E-state index contributed by atoms with van der Waals surface area (Å²) in [5.74, 6) is -7.37. The topological polar surface area (TPSA) is 281 Å². The Morgan fingerprint density at radius 2 is 1.53 bits per heavy atom. The van der Waals surface area contributed by atoms with Crippen molar-refractivity contribution in [2.24, 2.45) is 11.8 Å². The van der Waals surface area contributed by atoms with Gasteiger partial charge in [-0.3, -0.25) is 28.8 Å². The summed E-state index contributed by atoms with van der Waals surface area (Å²) in [5, 5.41) is 31.8. The molecule has 0 aromatic rings. The summed E-state index contributed by atoms with van der Waals surface area (Å²) in [6.07, 6.45) is 15.0. The van der Waals surface area contributed by atoms with E-state index >= 15 is 0 Å². The first-order chi connectivity index (χ1) is 28.2. The number of carboxylic acid groups (broad SMARTS) is 2. The van der Waals surface area contributed by atoms with Crippen LogP contribution in [0, 0.1) is 11.8 Å². The number of esters is 1. The quantitative estimate of drug-likeness (QED) is 0.0283. The number of ketones is 2. The number of rotatable bonds is 33. The van der Waals surface area contributed by atoms with E-state index in [9.17, 15) is 48.6 Å². The summed E-state index contributed by atoms with van der Waals surface area (Å²) in [6, 6.07) is -2.12. The van der Waals surface area contributed by atoms with Crippen LogP contribution in [-0.2, 0) is 47.8 Å². The number of allylic oxidation sites excluding steroid dienone is 1. The molecule has 1 aliphatic carbocycles. The van der Waals surface area contributed by atoms with E-state index in [1.165, 1.54) is 45.3 Å². The summed E-state index contributed by atoms with van der Waals surface area (Å²) in [5.41, 5.74) is 4.60. The third-order valence-corrected chi connectivity index (χ3v) is 10.3. The van der Waals surface area contributed by atoms with E-state index in [1.807, 2.05) is 5.32 Å². The molecule has 1 aliphatic heterocycles. The van der Waals surface area contributed by atoms with Gasteiger partial charge in [-0.25, -0.2) is 0 Å². The number of fused-ring (bicyclic) bond motifs is 1. The molecule has 3 amide bonds. The fraction of sp³-hybridized carbons (Fsp3) is 0.667. The summed E-state index contributed by atoms with van der Waals surface area (Å²) in [6.45, 7) is 3.21. The van der Waals surface area contributed by atoms with Crippen LogP contribution in [0.5, 0.6) is 0 Å². The second kappa shape index (κ2) is 28.5. The smallest absolute Gasteiger partial charge is 0.323 e. The van der Waals surface area contributed by atoms with Crippen LogP contribution in [0.3, 0.4) is 0 Å². The van der Waals surface area contributed by atoms with Gasteiger partial charge in [0.1, 0.15) is 23.7 Å². The van der Waals surface area contributed by atoms with E-state index in [4.69, 9.17) is 9.47 Å². The minimum atomic E-state index is -1.60. The zero-order chi connectivity index (χ0) is 43.6. The summed E-state index contributed by atoms with van der Waals surface area (Å²) in [4.78, 5) is 99.1. The summed E-state index contributed by atoms with van der Waals surface area (Å²) < 4.78 is 10.6. The lowest BCUT2D eigenvalue weighted by molar-refractivity contribution is -0.658. The van der Waals surface area contributed by atoms with Gasteiger partial charge in [0.2, 0.25) is 17.7 Å². The average Bonchev–Trinajstić information content (AvgIpc) is 3.19. The highest BCUT2D eigenvalue weighted by Gasteiger charge is 2.35. The number of carboxylic acids is 2. The molecule has 59 heavy (non-hydrogen) atoms. The van der Waals surface area contributed by atoms with Gasteiger partial charge in [0.15, 0.2) is 11.7 Å². The maximum Gasteiger partial charge on any atom is 0.323 e. The van der Waals surface area contributed by atoms with Crippen molar-refractivity contribution in [3.05, 3.63) is 35.6 Å². The minimum absolute atomic E-state index is 0.00503. The third kappa shape index (κ3) is 20.6. The minimum Gasteiger partial charge on any atom is -0.550 e. The number of ether oxygens (including phenoxy) is 2. The molecule has 17 nitrogen and oxygen atoms in total. The van der Waals surface area contributed by atoms with Crippen LogP contribution in [0.25, 0.3) is 0 Å². The highest BCUT2D eigenvalue weighted by atomic mass is 16.5. The molecule has 0 radical (unpaired) electrons. The van der Waals surface area contributed by atoms with Crippen LogP contribution in [0.4, 0.5) is 0 Å². The van der Waals surface area contributed by atoms with E-state index in [0.717, 1.165) is 25.8 Å². The molecule has 330 valence electrons. The molecular weight excluding hydrogens is 766 g/mol. The number of hydrogen-bond donors (Lipinski definition) is 5. The number of aliphatic carboxylic acids is 2. The molecule has 0 aromatic carbocycles. The summed E-state index contributed by atoms with van der Waals surface area (Å²) in [7, 11) is 1.48.